The molecule has 2 N–H and O–H groups in total. The van der Waals surface area contributed by atoms with Crippen molar-refractivity contribution >= 4 is 10.8 Å². The zero-order chi connectivity index (χ0) is 11.3. The van der Waals surface area contributed by atoms with Crippen molar-refractivity contribution in [3.05, 3.63) is 35.6 Å². The highest BCUT2D eigenvalue weighted by atomic mass is 32.2. The van der Waals surface area contributed by atoms with Gasteiger partial charge in [0, 0.05) is 28.2 Å². The summed E-state index contributed by atoms with van der Waals surface area (Å²) in [6.07, 6.45) is 0.795. The summed E-state index contributed by atoms with van der Waals surface area (Å²) in [6.45, 7) is 1.95. The maximum Gasteiger partial charge on any atom is 0.127 e. The molecule has 0 saturated heterocycles. The largest absolute Gasteiger partial charge is 0.327 e. The van der Waals surface area contributed by atoms with Crippen molar-refractivity contribution in [2.75, 3.05) is 5.75 Å². The molecule has 2 atom stereocenters. The van der Waals surface area contributed by atoms with Gasteiger partial charge < -0.3 is 5.73 Å². The Balaban J connectivity index is 2.55. The topological polar surface area (TPSA) is 43.1 Å². The van der Waals surface area contributed by atoms with E-state index in [1.165, 1.54) is 6.07 Å². The van der Waals surface area contributed by atoms with Crippen molar-refractivity contribution in [2.24, 2.45) is 5.73 Å². The lowest BCUT2D eigenvalue weighted by Crippen LogP contribution is -2.26. The van der Waals surface area contributed by atoms with Gasteiger partial charge in [-0.2, -0.15) is 0 Å². The minimum atomic E-state index is -1.08. The molecule has 84 valence electrons. The summed E-state index contributed by atoms with van der Waals surface area (Å²) < 4.78 is 24.8. The van der Waals surface area contributed by atoms with Crippen LogP contribution in [-0.2, 0) is 16.6 Å². The number of hydrogen-bond donors (Lipinski definition) is 1. The monoisotopic (exact) mass is 229 g/mol. The minimum absolute atomic E-state index is 0.0578. The molecule has 2 unspecified atom stereocenters. The predicted octanol–water partition coefficient (Wildman–Crippen LogP) is 1.81. The second kappa shape index (κ2) is 5.98. The molecule has 0 fully saturated rings. The Morgan fingerprint density at radius 3 is 2.73 bits per heavy atom. The van der Waals surface area contributed by atoms with Gasteiger partial charge in [0.25, 0.3) is 0 Å². The standard InChI is InChI=1S/C11H16FNOS/c1-2-10(13)8-15(14)7-9-5-3-4-6-11(9)12/h3-6,10H,2,7-8,13H2,1H3. The molecule has 4 heteroatoms. The van der Waals surface area contributed by atoms with Crippen LogP contribution < -0.4 is 5.73 Å². The van der Waals surface area contributed by atoms with Gasteiger partial charge in [-0.25, -0.2) is 4.39 Å². The van der Waals surface area contributed by atoms with Crippen molar-refractivity contribution < 1.29 is 8.60 Å². The van der Waals surface area contributed by atoms with E-state index in [2.05, 4.69) is 0 Å². The molecular formula is C11H16FNOS. The Labute approximate surface area is 92.1 Å². The van der Waals surface area contributed by atoms with Gasteiger partial charge in [0.1, 0.15) is 5.82 Å². The van der Waals surface area contributed by atoms with Crippen LogP contribution >= 0.6 is 0 Å². The van der Waals surface area contributed by atoms with Crippen molar-refractivity contribution in [3.63, 3.8) is 0 Å². The zero-order valence-corrected chi connectivity index (χ0v) is 9.60. The first kappa shape index (κ1) is 12.3. The molecule has 0 aromatic heterocycles. The first-order chi connectivity index (χ1) is 7.13. The zero-order valence-electron chi connectivity index (χ0n) is 8.78. The smallest absolute Gasteiger partial charge is 0.127 e. The number of nitrogens with two attached hydrogens (primary N) is 1. The summed E-state index contributed by atoms with van der Waals surface area (Å²) in [5.41, 5.74) is 6.18. The lowest BCUT2D eigenvalue weighted by Gasteiger charge is -2.08. The van der Waals surface area contributed by atoms with Gasteiger partial charge in [-0.15, -0.1) is 0 Å². The average molecular weight is 229 g/mol. The fourth-order valence-corrected chi connectivity index (χ4v) is 2.62. The maximum absolute atomic E-state index is 13.2. The van der Waals surface area contributed by atoms with Crippen LogP contribution in [0.3, 0.4) is 0 Å². The van der Waals surface area contributed by atoms with Crippen LogP contribution in [0.4, 0.5) is 4.39 Å². The molecular weight excluding hydrogens is 213 g/mol. The van der Waals surface area contributed by atoms with E-state index < -0.39 is 10.8 Å². The molecule has 0 aliphatic carbocycles. The molecule has 0 bridgehead atoms. The van der Waals surface area contributed by atoms with Crippen LogP contribution in [0, 0.1) is 5.82 Å². The van der Waals surface area contributed by atoms with Crippen LogP contribution in [0.25, 0.3) is 0 Å². The van der Waals surface area contributed by atoms with Crippen LogP contribution in [0.5, 0.6) is 0 Å². The van der Waals surface area contributed by atoms with Crippen molar-refractivity contribution in [1.82, 2.24) is 0 Å². The van der Waals surface area contributed by atoms with Crippen molar-refractivity contribution in [3.8, 4) is 0 Å². The lowest BCUT2D eigenvalue weighted by molar-refractivity contribution is 0.614. The molecule has 0 amide bonds. The van der Waals surface area contributed by atoms with E-state index in [0.29, 0.717) is 11.3 Å². The summed E-state index contributed by atoms with van der Waals surface area (Å²) >= 11 is 0. The average Bonchev–Trinajstić information content (AvgIpc) is 2.21. The van der Waals surface area contributed by atoms with Gasteiger partial charge >= 0.3 is 0 Å². The van der Waals surface area contributed by atoms with Gasteiger partial charge in [0.2, 0.25) is 0 Å². The molecule has 0 saturated carbocycles. The molecule has 0 heterocycles. The normalized spacial score (nSPS) is 14.9. The predicted molar refractivity (Wildman–Crippen MR) is 61.4 cm³/mol. The molecule has 1 rings (SSSR count). The van der Waals surface area contributed by atoms with Crippen molar-refractivity contribution in [2.45, 2.75) is 25.1 Å². The first-order valence-corrected chi connectivity index (χ1v) is 6.46. The highest BCUT2D eigenvalue weighted by Crippen LogP contribution is 2.09. The summed E-state index contributed by atoms with van der Waals surface area (Å²) in [6, 6.07) is 6.35. The van der Waals surface area contributed by atoms with E-state index in [0.717, 1.165) is 6.42 Å². The molecule has 1 aromatic carbocycles. The third kappa shape index (κ3) is 4.10. The molecule has 1 aromatic rings. The molecule has 0 radical (unpaired) electrons. The number of halogens is 1. The highest BCUT2D eigenvalue weighted by molar-refractivity contribution is 7.84. The van der Waals surface area contributed by atoms with Gasteiger partial charge in [0.05, 0.1) is 5.75 Å². The van der Waals surface area contributed by atoms with E-state index in [1.54, 1.807) is 18.2 Å². The molecule has 2 nitrogen and oxygen atoms in total. The SMILES string of the molecule is CCC(N)CS(=O)Cc1ccccc1F. The maximum atomic E-state index is 13.2. The van der Waals surface area contributed by atoms with Crippen LogP contribution in [0.15, 0.2) is 24.3 Å². The van der Waals surface area contributed by atoms with Gasteiger partial charge in [-0.1, -0.05) is 25.1 Å². The van der Waals surface area contributed by atoms with E-state index in [1.807, 2.05) is 6.92 Å². The Morgan fingerprint density at radius 2 is 2.13 bits per heavy atom. The summed E-state index contributed by atoms with van der Waals surface area (Å²) in [7, 11) is -1.08. The molecule has 0 aliphatic heterocycles. The lowest BCUT2D eigenvalue weighted by atomic mass is 10.2. The third-order valence-corrected chi connectivity index (χ3v) is 3.63. The summed E-state index contributed by atoms with van der Waals surface area (Å²) in [4.78, 5) is 0. The minimum Gasteiger partial charge on any atom is -0.327 e. The summed E-state index contributed by atoms with van der Waals surface area (Å²) in [5.74, 6) is 0.390. The van der Waals surface area contributed by atoms with Crippen molar-refractivity contribution in [1.29, 1.82) is 0 Å². The van der Waals surface area contributed by atoms with Crippen LogP contribution in [-0.4, -0.2) is 16.0 Å². The quantitative estimate of drug-likeness (QED) is 0.836. The summed E-state index contributed by atoms with van der Waals surface area (Å²) in [5, 5.41) is 0. The Kier molecular flexibility index (Phi) is 4.91. The Hall–Kier alpha value is -0.740. The van der Waals surface area contributed by atoms with Crippen LogP contribution in [0.2, 0.25) is 0 Å². The van der Waals surface area contributed by atoms with Gasteiger partial charge in [0.15, 0.2) is 0 Å². The van der Waals surface area contributed by atoms with Gasteiger partial charge in [-0.3, -0.25) is 4.21 Å². The van der Waals surface area contributed by atoms with E-state index in [-0.39, 0.29) is 17.6 Å². The highest BCUT2D eigenvalue weighted by Gasteiger charge is 2.09. The number of hydrogen-bond acceptors (Lipinski definition) is 2. The third-order valence-electron chi connectivity index (χ3n) is 2.20. The first-order valence-electron chi connectivity index (χ1n) is 4.97. The Morgan fingerprint density at radius 1 is 1.47 bits per heavy atom. The van der Waals surface area contributed by atoms with Crippen LogP contribution in [0.1, 0.15) is 18.9 Å². The van der Waals surface area contributed by atoms with E-state index in [9.17, 15) is 8.60 Å². The molecule has 0 aliphatic rings. The van der Waals surface area contributed by atoms with E-state index in [4.69, 9.17) is 5.73 Å². The fourth-order valence-electron chi connectivity index (χ4n) is 1.20. The Bertz CT molecular complexity index is 343. The number of rotatable bonds is 5. The number of benzene rings is 1. The second-order valence-corrected chi connectivity index (χ2v) is 5.01. The fraction of sp³-hybridized carbons (Fsp3) is 0.455. The molecule has 15 heavy (non-hydrogen) atoms. The van der Waals surface area contributed by atoms with Gasteiger partial charge in [-0.05, 0) is 12.5 Å². The second-order valence-electron chi connectivity index (χ2n) is 3.51. The van der Waals surface area contributed by atoms with E-state index >= 15 is 0 Å². The molecule has 0 spiro atoms.